The molecule has 3 heteroatoms. The van der Waals surface area contributed by atoms with Crippen molar-refractivity contribution < 1.29 is 10.2 Å². The van der Waals surface area contributed by atoms with Crippen LogP contribution in [0.3, 0.4) is 0 Å². The molecule has 0 aromatic heterocycles. The van der Waals surface area contributed by atoms with Crippen LogP contribution in [-0.4, -0.2) is 47.0 Å². The lowest BCUT2D eigenvalue weighted by atomic mass is 10.3. The van der Waals surface area contributed by atoms with Crippen LogP contribution in [0, 0.1) is 0 Å². The molecule has 64 valence electrons. The molecule has 0 aromatic carbocycles. The fourth-order valence-corrected chi connectivity index (χ4v) is 1.36. The van der Waals surface area contributed by atoms with Crippen LogP contribution in [-0.2, 0) is 0 Å². The summed E-state index contributed by atoms with van der Waals surface area (Å²) < 4.78 is 0. The van der Waals surface area contributed by atoms with E-state index in [9.17, 15) is 0 Å². The second-order valence-corrected chi connectivity index (χ2v) is 3.29. The van der Waals surface area contributed by atoms with Gasteiger partial charge in [0.15, 0.2) is 0 Å². The maximum absolute atomic E-state index is 9.16. The standard InChI is InChI=1S/C8H15NO2/c1-6(2)3-9-4-7(10)8(11)5-9/h7-8,10-11H,1,3-5H2,2H3/t7-,8+. The van der Waals surface area contributed by atoms with Crippen molar-refractivity contribution in [3.8, 4) is 0 Å². The largest absolute Gasteiger partial charge is 0.389 e. The van der Waals surface area contributed by atoms with E-state index in [-0.39, 0.29) is 0 Å². The highest BCUT2D eigenvalue weighted by atomic mass is 16.3. The zero-order valence-electron chi connectivity index (χ0n) is 6.82. The molecule has 2 atom stereocenters. The molecule has 1 heterocycles. The molecule has 1 fully saturated rings. The van der Waals surface area contributed by atoms with Gasteiger partial charge in [0, 0.05) is 19.6 Å². The molecule has 1 aliphatic heterocycles. The van der Waals surface area contributed by atoms with Gasteiger partial charge in [0.25, 0.3) is 0 Å². The van der Waals surface area contributed by atoms with E-state index >= 15 is 0 Å². The molecule has 2 N–H and O–H groups in total. The molecule has 1 rings (SSSR count). The first-order valence-electron chi connectivity index (χ1n) is 3.82. The minimum Gasteiger partial charge on any atom is -0.389 e. The Morgan fingerprint density at radius 3 is 2.27 bits per heavy atom. The van der Waals surface area contributed by atoms with Crippen LogP contribution in [0.15, 0.2) is 12.2 Å². The van der Waals surface area contributed by atoms with E-state index < -0.39 is 12.2 Å². The van der Waals surface area contributed by atoms with Gasteiger partial charge in [-0.15, -0.1) is 0 Å². The summed E-state index contributed by atoms with van der Waals surface area (Å²) >= 11 is 0. The Kier molecular flexibility index (Phi) is 2.65. The van der Waals surface area contributed by atoms with E-state index in [1.54, 1.807) is 0 Å². The van der Waals surface area contributed by atoms with Gasteiger partial charge in [-0.05, 0) is 6.92 Å². The third-order valence-electron chi connectivity index (χ3n) is 1.83. The fraction of sp³-hybridized carbons (Fsp3) is 0.750. The van der Waals surface area contributed by atoms with Crippen LogP contribution < -0.4 is 0 Å². The van der Waals surface area contributed by atoms with Crippen molar-refractivity contribution in [1.29, 1.82) is 0 Å². The number of rotatable bonds is 2. The first kappa shape index (κ1) is 8.71. The van der Waals surface area contributed by atoms with Crippen LogP contribution in [0.1, 0.15) is 6.92 Å². The average Bonchev–Trinajstić information content (AvgIpc) is 2.10. The summed E-state index contributed by atoms with van der Waals surface area (Å²) in [5.74, 6) is 0. The normalized spacial score (nSPS) is 32.6. The van der Waals surface area contributed by atoms with Gasteiger partial charge in [-0.3, -0.25) is 4.90 Å². The van der Waals surface area contributed by atoms with E-state index in [2.05, 4.69) is 6.58 Å². The molecule has 11 heavy (non-hydrogen) atoms. The topological polar surface area (TPSA) is 43.7 Å². The zero-order chi connectivity index (χ0) is 8.43. The van der Waals surface area contributed by atoms with Crippen LogP contribution in [0.5, 0.6) is 0 Å². The van der Waals surface area contributed by atoms with E-state index in [1.165, 1.54) is 0 Å². The number of likely N-dealkylation sites (tertiary alicyclic amines) is 1. The van der Waals surface area contributed by atoms with Gasteiger partial charge in [-0.1, -0.05) is 12.2 Å². The Hall–Kier alpha value is -0.380. The molecule has 0 aliphatic carbocycles. The number of β-amino-alcohol motifs (C(OH)–C–C–N with tert-alkyl or cyclic N) is 2. The molecule has 0 unspecified atom stereocenters. The number of aliphatic hydroxyl groups excluding tert-OH is 2. The van der Waals surface area contributed by atoms with Gasteiger partial charge in [0.2, 0.25) is 0 Å². The molecule has 0 saturated carbocycles. The minimum atomic E-state index is -0.575. The summed E-state index contributed by atoms with van der Waals surface area (Å²) in [4.78, 5) is 2.00. The van der Waals surface area contributed by atoms with E-state index in [1.807, 2.05) is 11.8 Å². The Morgan fingerprint density at radius 2 is 1.91 bits per heavy atom. The predicted molar refractivity (Wildman–Crippen MR) is 43.3 cm³/mol. The number of hydrogen-bond acceptors (Lipinski definition) is 3. The molecule has 1 aliphatic rings. The van der Waals surface area contributed by atoms with Gasteiger partial charge in [-0.25, -0.2) is 0 Å². The smallest absolute Gasteiger partial charge is 0.0938 e. The van der Waals surface area contributed by atoms with Gasteiger partial charge < -0.3 is 10.2 Å². The summed E-state index contributed by atoms with van der Waals surface area (Å²) in [6.45, 7) is 7.60. The van der Waals surface area contributed by atoms with Crippen LogP contribution in [0.4, 0.5) is 0 Å². The Bertz CT molecular complexity index is 148. The third kappa shape index (κ3) is 2.29. The third-order valence-corrected chi connectivity index (χ3v) is 1.83. The summed E-state index contributed by atoms with van der Waals surface area (Å²) in [5.41, 5.74) is 1.06. The lowest BCUT2D eigenvalue weighted by Crippen LogP contribution is -2.23. The molecule has 1 saturated heterocycles. The summed E-state index contributed by atoms with van der Waals surface area (Å²) in [7, 11) is 0. The molecule has 0 amide bonds. The highest BCUT2D eigenvalue weighted by molar-refractivity contribution is 4.95. The van der Waals surface area contributed by atoms with Crippen LogP contribution in [0.2, 0.25) is 0 Å². The molecule has 3 nitrogen and oxygen atoms in total. The Balaban J connectivity index is 2.35. The molecular weight excluding hydrogens is 142 g/mol. The monoisotopic (exact) mass is 157 g/mol. The highest BCUT2D eigenvalue weighted by Crippen LogP contribution is 2.10. The first-order valence-corrected chi connectivity index (χ1v) is 3.82. The van der Waals surface area contributed by atoms with Gasteiger partial charge in [-0.2, -0.15) is 0 Å². The van der Waals surface area contributed by atoms with Gasteiger partial charge >= 0.3 is 0 Å². The van der Waals surface area contributed by atoms with Crippen molar-refractivity contribution in [3.05, 3.63) is 12.2 Å². The van der Waals surface area contributed by atoms with Crippen LogP contribution in [0.25, 0.3) is 0 Å². The second-order valence-electron chi connectivity index (χ2n) is 3.29. The van der Waals surface area contributed by atoms with E-state index in [0.717, 1.165) is 12.1 Å². The number of nitrogens with zero attached hydrogens (tertiary/aromatic N) is 1. The quantitative estimate of drug-likeness (QED) is 0.536. The fourth-order valence-electron chi connectivity index (χ4n) is 1.36. The van der Waals surface area contributed by atoms with Crippen molar-refractivity contribution in [2.24, 2.45) is 0 Å². The highest BCUT2D eigenvalue weighted by Gasteiger charge is 2.28. The molecule has 0 spiro atoms. The molecule has 0 aromatic rings. The first-order chi connectivity index (χ1) is 5.09. The van der Waals surface area contributed by atoms with Crippen molar-refractivity contribution in [2.45, 2.75) is 19.1 Å². The molecule has 0 radical (unpaired) electrons. The lowest BCUT2D eigenvalue weighted by molar-refractivity contribution is 0.0572. The maximum Gasteiger partial charge on any atom is 0.0938 e. The second kappa shape index (κ2) is 3.34. The minimum absolute atomic E-state index is 0.564. The Morgan fingerprint density at radius 1 is 1.45 bits per heavy atom. The van der Waals surface area contributed by atoms with Crippen molar-refractivity contribution in [2.75, 3.05) is 19.6 Å². The summed E-state index contributed by atoms with van der Waals surface area (Å²) in [6.07, 6.45) is -1.15. The predicted octanol–water partition coefficient (Wildman–Crippen LogP) is -0.400. The Labute approximate surface area is 66.9 Å². The summed E-state index contributed by atoms with van der Waals surface area (Å²) in [5, 5.41) is 18.3. The van der Waals surface area contributed by atoms with Crippen LogP contribution >= 0.6 is 0 Å². The molecule has 0 bridgehead atoms. The lowest BCUT2D eigenvalue weighted by Gasteiger charge is -2.13. The number of aliphatic hydroxyl groups is 2. The zero-order valence-corrected chi connectivity index (χ0v) is 6.82. The average molecular weight is 157 g/mol. The van der Waals surface area contributed by atoms with Crippen molar-refractivity contribution in [1.82, 2.24) is 4.90 Å². The molecular formula is C8H15NO2. The van der Waals surface area contributed by atoms with Gasteiger partial charge in [0.1, 0.15) is 0 Å². The van der Waals surface area contributed by atoms with Crippen molar-refractivity contribution in [3.63, 3.8) is 0 Å². The maximum atomic E-state index is 9.16. The van der Waals surface area contributed by atoms with Crippen molar-refractivity contribution >= 4 is 0 Å². The van der Waals surface area contributed by atoms with Gasteiger partial charge in [0.05, 0.1) is 12.2 Å². The van der Waals surface area contributed by atoms with E-state index in [4.69, 9.17) is 10.2 Å². The van der Waals surface area contributed by atoms with E-state index in [0.29, 0.717) is 13.1 Å². The SMILES string of the molecule is C=C(C)CN1C[C@@H](O)[C@@H](O)C1. The number of hydrogen-bond donors (Lipinski definition) is 2. The summed E-state index contributed by atoms with van der Waals surface area (Å²) in [6, 6.07) is 0.